The van der Waals surface area contributed by atoms with Gasteiger partial charge in [0.2, 0.25) is 0 Å². The molecule has 2 N–H and O–H groups in total. The highest BCUT2D eigenvalue weighted by molar-refractivity contribution is 7.12. The van der Waals surface area contributed by atoms with Crippen LogP contribution in [0.3, 0.4) is 0 Å². The Hall–Kier alpha value is -2.92. The summed E-state index contributed by atoms with van der Waals surface area (Å²) in [5.74, 6) is -0.754. The number of hydrogen-bond donors (Lipinski definition) is 2. The summed E-state index contributed by atoms with van der Waals surface area (Å²) < 4.78 is 43.1. The Morgan fingerprint density at radius 1 is 1.25 bits per heavy atom. The van der Waals surface area contributed by atoms with E-state index >= 15 is 0 Å². The van der Waals surface area contributed by atoms with Crippen LogP contribution in [0.2, 0.25) is 0 Å². The lowest BCUT2D eigenvalue weighted by Crippen LogP contribution is -2.33. The fourth-order valence-corrected chi connectivity index (χ4v) is 3.24. The second-order valence-corrected chi connectivity index (χ2v) is 6.70. The van der Waals surface area contributed by atoms with Crippen LogP contribution in [0.1, 0.15) is 9.67 Å². The zero-order valence-electron chi connectivity index (χ0n) is 14.5. The quantitative estimate of drug-likeness (QED) is 0.652. The molecule has 3 aromatic heterocycles. The number of methoxy groups -OCH3 is 1. The first kappa shape index (κ1) is 19.8. The standard InChI is InChI=1S/C17H15F3N4O3S/c1-27-7-15(25)23-13-6-24-5-10(2-3-14(24)22-13)11-4-12(28-8-11)16(26)21-9-17(18,19)20/h2-6,8H,7,9H2,1H3,(H,21,26)(H,23,25). The molecule has 0 bridgehead atoms. The van der Waals surface area contributed by atoms with E-state index in [1.54, 1.807) is 34.3 Å². The number of imidazole rings is 1. The summed E-state index contributed by atoms with van der Waals surface area (Å²) in [6.45, 7) is -1.47. The highest BCUT2D eigenvalue weighted by atomic mass is 32.1. The van der Waals surface area contributed by atoms with E-state index in [0.717, 1.165) is 16.9 Å². The van der Waals surface area contributed by atoms with Gasteiger partial charge >= 0.3 is 6.18 Å². The van der Waals surface area contributed by atoms with Crippen LogP contribution in [-0.4, -0.2) is 47.6 Å². The normalized spacial score (nSPS) is 11.6. The molecule has 3 rings (SSSR count). The molecule has 11 heteroatoms. The SMILES string of the molecule is COCC(=O)Nc1cn2cc(-c3csc(C(=O)NCC(F)(F)F)c3)ccc2n1. The Balaban J connectivity index is 1.76. The summed E-state index contributed by atoms with van der Waals surface area (Å²) in [5.41, 5.74) is 2.02. The maximum absolute atomic E-state index is 12.2. The van der Waals surface area contributed by atoms with E-state index in [-0.39, 0.29) is 17.4 Å². The molecule has 0 unspecified atom stereocenters. The highest BCUT2D eigenvalue weighted by Gasteiger charge is 2.28. The molecule has 0 saturated heterocycles. The minimum absolute atomic E-state index is 0.0901. The van der Waals surface area contributed by atoms with Crippen molar-refractivity contribution < 1.29 is 27.5 Å². The van der Waals surface area contributed by atoms with E-state index in [2.05, 4.69) is 10.3 Å². The topological polar surface area (TPSA) is 84.7 Å². The van der Waals surface area contributed by atoms with Crippen LogP contribution in [0.25, 0.3) is 16.8 Å². The molecule has 0 saturated carbocycles. The van der Waals surface area contributed by atoms with E-state index in [4.69, 9.17) is 4.74 Å². The summed E-state index contributed by atoms with van der Waals surface area (Å²) in [4.78, 5) is 27.8. The minimum Gasteiger partial charge on any atom is -0.375 e. The van der Waals surface area contributed by atoms with Gasteiger partial charge in [-0.15, -0.1) is 11.3 Å². The minimum atomic E-state index is -4.46. The summed E-state index contributed by atoms with van der Waals surface area (Å²) >= 11 is 1.05. The van der Waals surface area contributed by atoms with Gasteiger partial charge in [0.1, 0.15) is 18.8 Å². The van der Waals surface area contributed by atoms with Gasteiger partial charge in [-0.05, 0) is 34.7 Å². The van der Waals surface area contributed by atoms with Crippen LogP contribution in [-0.2, 0) is 9.53 Å². The largest absolute Gasteiger partial charge is 0.405 e. The molecule has 7 nitrogen and oxygen atoms in total. The van der Waals surface area contributed by atoms with E-state index in [1.165, 1.54) is 13.2 Å². The number of rotatable bonds is 6. The van der Waals surface area contributed by atoms with Crippen molar-refractivity contribution in [3.63, 3.8) is 0 Å². The molecule has 28 heavy (non-hydrogen) atoms. The number of hydrogen-bond acceptors (Lipinski definition) is 5. The molecular weight excluding hydrogens is 397 g/mol. The van der Waals surface area contributed by atoms with Crippen molar-refractivity contribution in [2.45, 2.75) is 6.18 Å². The average Bonchev–Trinajstić information content (AvgIpc) is 3.25. The lowest BCUT2D eigenvalue weighted by Gasteiger charge is -2.06. The Kier molecular flexibility index (Phi) is 5.66. The van der Waals surface area contributed by atoms with Crippen molar-refractivity contribution in [1.82, 2.24) is 14.7 Å². The number of fused-ring (bicyclic) bond motifs is 1. The van der Waals surface area contributed by atoms with Gasteiger partial charge in [-0.3, -0.25) is 9.59 Å². The van der Waals surface area contributed by atoms with Gasteiger partial charge in [0.25, 0.3) is 11.8 Å². The van der Waals surface area contributed by atoms with Crippen molar-refractivity contribution in [2.24, 2.45) is 0 Å². The van der Waals surface area contributed by atoms with Gasteiger partial charge in [-0.1, -0.05) is 0 Å². The molecule has 0 aliphatic heterocycles. The Morgan fingerprint density at radius 3 is 2.75 bits per heavy atom. The number of amides is 2. The second-order valence-electron chi connectivity index (χ2n) is 5.79. The van der Waals surface area contributed by atoms with Crippen molar-refractivity contribution >= 4 is 34.6 Å². The Bertz CT molecular complexity index is 1010. The number of nitrogens with zero attached hydrogens (tertiary/aromatic N) is 2. The molecule has 0 aliphatic rings. The number of anilines is 1. The number of ether oxygens (including phenoxy) is 1. The third kappa shape index (κ3) is 4.87. The van der Waals surface area contributed by atoms with Gasteiger partial charge < -0.3 is 19.8 Å². The monoisotopic (exact) mass is 412 g/mol. The van der Waals surface area contributed by atoms with Crippen molar-refractivity contribution in [3.05, 3.63) is 40.8 Å². The first-order valence-electron chi connectivity index (χ1n) is 7.96. The summed E-state index contributed by atoms with van der Waals surface area (Å²) in [6, 6.07) is 5.01. The highest BCUT2D eigenvalue weighted by Crippen LogP contribution is 2.26. The van der Waals surface area contributed by atoms with Gasteiger partial charge in [-0.2, -0.15) is 13.2 Å². The van der Waals surface area contributed by atoms with Crippen LogP contribution in [0.15, 0.2) is 36.0 Å². The van der Waals surface area contributed by atoms with Gasteiger partial charge in [-0.25, -0.2) is 4.98 Å². The molecule has 2 amide bonds. The van der Waals surface area contributed by atoms with Gasteiger partial charge in [0.05, 0.1) is 11.1 Å². The zero-order chi connectivity index (χ0) is 20.3. The maximum atomic E-state index is 12.2. The Morgan fingerprint density at radius 2 is 2.04 bits per heavy atom. The maximum Gasteiger partial charge on any atom is 0.405 e. The summed E-state index contributed by atoms with van der Waals surface area (Å²) in [7, 11) is 1.41. The molecule has 0 spiro atoms. The number of carbonyl (C=O) groups is 2. The number of halogens is 3. The van der Waals surface area contributed by atoms with Crippen LogP contribution in [0.4, 0.5) is 19.0 Å². The smallest absolute Gasteiger partial charge is 0.375 e. The van der Waals surface area contributed by atoms with Crippen LogP contribution in [0.5, 0.6) is 0 Å². The molecular formula is C17H15F3N4O3S. The fourth-order valence-electron chi connectivity index (χ4n) is 2.41. The van der Waals surface area contributed by atoms with Crippen molar-refractivity contribution in [1.29, 1.82) is 0 Å². The van der Waals surface area contributed by atoms with Crippen molar-refractivity contribution in [2.75, 3.05) is 25.6 Å². The number of aromatic nitrogens is 2. The molecule has 0 radical (unpaired) electrons. The molecule has 148 valence electrons. The first-order valence-corrected chi connectivity index (χ1v) is 8.84. The molecule has 0 aliphatic carbocycles. The predicted molar refractivity (Wildman–Crippen MR) is 97.4 cm³/mol. The van der Waals surface area contributed by atoms with Crippen LogP contribution >= 0.6 is 11.3 Å². The van der Waals surface area contributed by atoms with Crippen molar-refractivity contribution in [3.8, 4) is 11.1 Å². The molecule has 3 aromatic rings. The van der Waals surface area contributed by atoms with Crippen LogP contribution < -0.4 is 10.6 Å². The van der Waals surface area contributed by atoms with Crippen LogP contribution in [0, 0.1) is 0 Å². The zero-order valence-corrected chi connectivity index (χ0v) is 15.4. The van der Waals surface area contributed by atoms with E-state index in [0.29, 0.717) is 17.0 Å². The lowest BCUT2D eigenvalue weighted by molar-refractivity contribution is -0.123. The molecule has 0 aromatic carbocycles. The first-order chi connectivity index (χ1) is 13.2. The Labute approximate surface area is 161 Å². The number of carbonyl (C=O) groups excluding carboxylic acids is 2. The van der Waals surface area contributed by atoms with E-state index < -0.39 is 18.6 Å². The number of thiophene rings is 1. The number of nitrogens with one attached hydrogen (secondary N) is 2. The number of pyridine rings is 1. The van der Waals surface area contributed by atoms with Gasteiger partial charge in [0, 0.05) is 13.3 Å². The van der Waals surface area contributed by atoms with Gasteiger partial charge in [0.15, 0.2) is 5.82 Å². The summed E-state index contributed by atoms with van der Waals surface area (Å²) in [6.07, 6.45) is -1.10. The van der Waals surface area contributed by atoms with E-state index in [9.17, 15) is 22.8 Å². The predicted octanol–water partition coefficient (Wildman–Crippen LogP) is 2.94. The number of alkyl halides is 3. The van der Waals surface area contributed by atoms with E-state index in [1.807, 2.05) is 5.32 Å². The molecule has 0 fully saturated rings. The average molecular weight is 412 g/mol. The summed E-state index contributed by atoms with van der Waals surface area (Å²) in [5, 5.41) is 6.13. The third-order valence-corrected chi connectivity index (χ3v) is 4.53. The fraction of sp³-hybridized carbons (Fsp3) is 0.235. The molecule has 3 heterocycles. The lowest BCUT2D eigenvalue weighted by atomic mass is 10.1. The molecule has 0 atom stereocenters. The second kappa shape index (κ2) is 7.98. The third-order valence-electron chi connectivity index (χ3n) is 3.60.